The van der Waals surface area contributed by atoms with Gasteiger partial charge < -0.3 is 10.1 Å². The van der Waals surface area contributed by atoms with Crippen LogP contribution >= 0.6 is 0 Å². The van der Waals surface area contributed by atoms with E-state index >= 15 is 0 Å². The Morgan fingerprint density at radius 3 is 2.35 bits per heavy atom. The lowest BCUT2D eigenvalue weighted by Crippen LogP contribution is -2.42. The average molecular weight is 379 g/mol. The number of amides is 1. The molecule has 1 saturated heterocycles. The van der Waals surface area contributed by atoms with Crippen LogP contribution in [0.25, 0.3) is 0 Å². The van der Waals surface area contributed by atoms with Gasteiger partial charge in [0.1, 0.15) is 5.60 Å². The number of carbonyl (C=O) groups is 1. The van der Waals surface area contributed by atoms with Gasteiger partial charge in [-0.3, -0.25) is 0 Å². The summed E-state index contributed by atoms with van der Waals surface area (Å²) in [5, 5.41) is 11.6. The Balaban J connectivity index is 1.87. The van der Waals surface area contributed by atoms with Crippen LogP contribution in [0.3, 0.4) is 0 Å². The van der Waals surface area contributed by atoms with Gasteiger partial charge in [-0.05, 0) is 63.8 Å². The molecule has 0 atom stereocenters. The van der Waals surface area contributed by atoms with E-state index in [1.165, 1.54) is 28.6 Å². The average Bonchev–Trinajstić information content (AvgIpc) is 2.59. The molecule has 0 saturated carbocycles. The number of nitriles is 1. The van der Waals surface area contributed by atoms with Gasteiger partial charge in [0.25, 0.3) is 0 Å². The van der Waals surface area contributed by atoms with Crippen molar-refractivity contribution in [2.45, 2.75) is 44.1 Å². The fourth-order valence-corrected chi connectivity index (χ4v) is 4.22. The molecule has 7 nitrogen and oxygen atoms in total. The van der Waals surface area contributed by atoms with E-state index in [2.05, 4.69) is 5.32 Å². The zero-order chi connectivity index (χ0) is 19.4. The summed E-state index contributed by atoms with van der Waals surface area (Å²) < 4.78 is 32.0. The summed E-state index contributed by atoms with van der Waals surface area (Å²) in [6.45, 7) is 6.70. The molecule has 1 aliphatic heterocycles. The molecular formula is C18H25N3O4S. The molecule has 1 aliphatic rings. The molecule has 0 unspecified atom stereocenters. The minimum Gasteiger partial charge on any atom is -0.444 e. The predicted octanol–water partition coefficient (Wildman–Crippen LogP) is 2.48. The zero-order valence-electron chi connectivity index (χ0n) is 15.4. The van der Waals surface area contributed by atoms with Gasteiger partial charge in [0.15, 0.2) is 0 Å². The largest absolute Gasteiger partial charge is 0.444 e. The summed E-state index contributed by atoms with van der Waals surface area (Å²) >= 11 is 0. The molecule has 8 heteroatoms. The minimum absolute atomic E-state index is 0.196. The molecule has 1 aromatic carbocycles. The second-order valence-electron chi connectivity index (χ2n) is 7.37. The van der Waals surface area contributed by atoms with Gasteiger partial charge in [0.05, 0.1) is 16.5 Å². The van der Waals surface area contributed by atoms with Crippen molar-refractivity contribution in [3.8, 4) is 6.07 Å². The molecule has 1 amide bonds. The Kier molecular flexibility index (Phi) is 6.26. The van der Waals surface area contributed by atoms with E-state index in [1.807, 2.05) is 6.07 Å². The number of sulfonamides is 1. The molecule has 0 radical (unpaired) electrons. The number of benzene rings is 1. The molecule has 1 heterocycles. The molecular weight excluding hydrogens is 354 g/mol. The van der Waals surface area contributed by atoms with Gasteiger partial charge in [0.2, 0.25) is 10.0 Å². The Labute approximate surface area is 155 Å². The SMILES string of the molecule is CC(C)(C)OC(=O)NCC1CCN(S(=O)(=O)c2ccc(C#N)cc2)CC1. The van der Waals surface area contributed by atoms with Crippen molar-refractivity contribution in [2.75, 3.05) is 19.6 Å². The Bertz CT molecular complexity index is 768. The lowest BCUT2D eigenvalue weighted by atomic mass is 9.98. The van der Waals surface area contributed by atoms with E-state index in [0.717, 1.165) is 0 Å². The smallest absolute Gasteiger partial charge is 0.407 e. The number of nitrogens with one attached hydrogen (secondary N) is 1. The van der Waals surface area contributed by atoms with Gasteiger partial charge in [-0.15, -0.1) is 0 Å². The van der Waals surface area contributed by atoms with Crippen LogP contribution in [-0.2, 0) is 14.8 Å². The van der Waals surface area contributed by atoms with Crippen molar-refractivity contribution in [1.29, 1.82) is 5.26 Å². The van der Waals surface area contributed by atoms with Crippen molar-refractivity contribution >= 4 is 16.1 Å². The molecule has 1 fully saturated rings. The standard InChI is InChI=1S/C18H25N3O4S/c1-18(2,3)25-17(22)20-13-15-8-10-21(11-9-15)26(23,24)16-6-4-14(12-19)5-7-16/h4-7,15H,8-11,13H2,1-3H3,(H,20,22). The summed E-state index contributed by atoms with van der Waals surface area (Å²) in [7, 11) is -3.55. The van der Waals surface area contributed by atoms with E-state index in [0.29, 0.717) is 38.0 Å². The number of rotatable bonds is 4. The van der Waals surface area contributed by atoms with Crippen molar-refractivity contribution in [1.82, 2.24) is 9.62 Å². The first-order valence-electron chi connectivity index (χ1n) is 8.59. The van der Waals surface area contributed by atoms with E-state index in [4.69, 9.17) is 10.00 Å². The molecule has 0 aliphatic carbocycles. The minimum atomic E-state index is -3.55. The van der Waals surface area contributed by atoms with Gasteiger partial charge in [-0.25, -0.2) is 13.2 Å². The fraction of sp³-hybridized carbons (Fsp3) is 0.556. The van der Waals surface area contributed by atoms with Crippen molar-refractivity contribution in [3.05, 3.63) is 29.8 Å². The highest BCUT2D eigenvalue weighted by molar-refractivity contribution is 7.89. The van der Waals surface area contributed by atoms with Gasteiger partial charge in [-0.2, -0.15) is 9.57 Å². The van der Waals surface area contributed by atoms with Crippen LogP contribution in [0.5, 0.6) is 0 Å². The molecule has 2 rings (SSSR count). The van der Waals surface area contributed by atoms with E-state index in [-0.39, 0.29) is 10.8 Å². The molecule has 0 aromatic heterocycles. The lowest BCUT2D eigenvalue weighted by molar-refractivity contribution is 0.0513. The Morgan fingerprint density at radius 2 is 1.85 bits per heavy atom. The summed E-state index contributed by atoms with van der Waals surface area (Å²) in [5.41, 5.74) is -0.112. The van der Waals surface area contributed by atoms with Crippen molar-refractivity contribution in [2.24, 2.45) is 5.92 Å². The van der Waals surface area contributed by atoms with Crippen LogP contribution in [0.4, 0.5) is 4.79 Å². The Morgan fingerprint density at radius 1 is 1.27 bits per heavy atom. The van der Waals surface area contributed by atoms with Crippen LogP contribution in [0.1, 0.15) is 39.2 Å². The first-order valence-corrected chi connectivity index (χ1v) is 10.0. The third kappa shape index (κ3) is 5.44. The second-order valence-corrected chi connectivity index (χ2v) is 9.30. The molecule has 142 valence electrons. The normalized spacial score (nSPS) is 16.7. The highest BCUT2D eigenvalue weighted by Gasteiger charge is 2.29. The molecule has 1 N–H and O–H groups in total. The second kappa shape index (κ2) is 8.06. The number of ether oxygens (including phenoxy) is 1. The van der Waals surface area contributed by atoms with Crippen molar-refractivity contribution < 1.29 is 17.9 Å². The van der Waals surface area contributed by atoms with Crippen LogP contribution in [0, 0.1) is 17.2 Å². The fourth-order valence-electron chi connectivity index (χ4n) is 2.75. The Hall–Kier alpha value is -2.11. The zero-order valence-corrected chi connectivity index (χ0v) is 16.2. The molecule has 26 heavy (non-hydrogen) atoms. The number of piperidine rings is 1. The van der Waals surface area contributed by atoms with E-state index < -0.39 is 21.7 Å². The summed E-state index contributed by atoms with van der Waals surface area (Å²) in [6, 6.07) is 7.91. The summed E-state index contributed by atoms with van der Waals surface area (Å²) in [4.78, 5) is 11.9. The van der Waals surface area contributed by atoms with Crippen molar-refractivity contribution in [3.63, 3.8) is 0 Å². The maximum atomic E-state index is 12.7. The summed E-state index contributed by atoms with van der Waals surface area (Å²) in [5.74, 6) is 0.218. The van der Waals surface area contributed by atoms with E-state index in [1.54, 1.807) is 20.8 Å². The maximum Gasteiger partial charge on any atom is 0.407 e. The molecule has 0 spiro atoms. The number of alkyl carbamates (subject to hydrolysis) is 1. The van der Waals surface area contributed by atoms with Gasteiger partial charge >= 0.3 is 6.09 Å². The topological polar surface area (TPSA) is 99.5 Å². The van der Waals surface area contributed by atoms with Crippen LogP contribution < -0.4 is 5.32 Å². The number of nitrogens with zero attached hydrogens (tertiary/aromatic N) is 2. The van der Waals surface area contributed by atoms with Crippen LogP contribution in [-0.4, -0.2) is 44.1 Å². The van der Waals surface area contributed by atoms with Crippen LogP contribution in [0.2, 0.25) is 0 Å². The van der Waals surface area contributed by atoms with E-state index in [9.17, 15) is 13.2 Å². The lowest BCUT2D eigenvalue weighted by Gasteiger charge is -2.31. The molecule has 0 bridgehead atoms. The number of hydrogen-bond acceptors (Lipinski definition) is 5. The summed E-state index contributed by atoms with van der Waals surface area (Å²) in [6.07, 6.45) is 0.890. The monoisotopic (exact) mass is 379 g/mol. The maximum absolute atomic E-state index is 12.7. The third-order valence-corrected chi connectivity index (χ3v) is 6.04. The highest BCUT2D eigenvalue weighted by atomic mass is 32.2. The third-order valence-electron chi connectivity index (χ3n) is 4.13. The quantitative estimate of drug-likeness (QED) is 0.866. The van der Waals surface area contributed by atoms with Gasteiger partial charge in [0, 0.05) is 19.6 Å². The van der Waals surface area contributed by atoms with Crippen LogP contribution in [0.15, 0.2) is 29.2 Å². The van der Waals surface area contributed by atoms with Gasteiger partial charge in [-0.1, -0.05) is 0 Å². The molecule has 1 aromatic rings. The first kappa shape index (κ1) is 20.2. The number of carbonyl (C=O) groups excluding carboxylic acids is 1. The number of hydrogen-bond donors (Lipinski definition) is 1. The highest BCUT2D eigenvalue weighted by Crippen LogP contribution is 2.23. The predicted molar refractivity (Wildman–Crippen MR) is 96.9 cm³/mol. The first-order chi connectivity index (χ1) is 12.1.